The number of aryl methyl sites for hydroxylation is 1. The maximum atomic E-state index is 10.6. The van der Waals surface area contributed by atoms with E-state index in [-0.39, 0.29) is 6.42 Å². The Balaban J connectivity index is 1.35. The molecule has 0 radical (unpaired) electrons. The molecule has 1 aromatic carbocycles. The summed E-state index contributed by atoms with van der Waals surface area (Å²) >= 11 is 2.09. The van der Waals surface area contributed by atoms with Gasteiger partial charge in [-0.3, -0.25) is 4.79 Å². The summed E-state index contributed by atoms with van der Waals surface area (Å²) in [7, 11) is 0. The van der Waals surface area contributed by atoms with Gasteiger partial charge >= 0.3 is 5.97 Å². The Morgan fingerprint density at radius 1 is 1.11 bits per heavy atom. The highest BCUT2D eigenvalue weighted by Gasteiger charge is 2.47. The summed E-state index contributed by atoms with van der Waals surface area (Å²) in [5, 5.41) is 8.69. The number of rotatable bonds is 12. The fourth-order valence-corrected chi connectivity index (χ4v) is 5.66. The van der Waals surface area contributed by atoms with Crippen molar-refractivity contribution in [3.8, 4) is 0 Å². The molecular weight excluding hydrogens is 356 g/mol. The van der Waals surface area contributed by atoms with Gasteiger partial charge in [0.05, 0.1) is 12.2 Å². The number of carboxylic acid groups (broad SMARTS) is 1. The molecule has 2 saturated heterocycles. The Hall–Kier alpha value is -1.26. The molecule has 3 rings (SSSR count). The number of carbonyl (C=O) groups is 1. The van der Waals surface area contributed by atoms with E-state index in [1.807, 2.05) is 0 Å². The molecule has 2 bridgehead atoms. The summed E-state index contributed by atoms with van der Waals surface area (Å²) in [5.74, 6) is 3.08. The van der Waals surface area contributed by atoms with Crippen molar-refractivity contribution in [1.82, 2.24) is 0 Å². The average molecular weight is 389 g/mol. The Morgan fingerprint density at radius 2 is 1.89 bits per heavy atom. The zero-order chi connectivity index (χ0) is 18.9. The molecule has 4 heteroatoms. The van der Waals surface area contributed by atoms with E-state index in [2.05, 4.69) is 54.2 Å². The number of hydrogen-bond acceptors (Lipinski definition) is 3. The Kier molecular flexibility index (Phi) is 8.28. The van der Waals surface area contributed by atoms with Crippen LogP contribution in [0.3, 0.4) is 0 Å². The number of fused-ring (bicyclic) bond motifs is 2. The molecule has 148 valence electrons. The predicted molar refractivity (Wildman–Crippen MR) is 112 cm³/mol. The molecule has 4 atom stereocenters. The van der Waals surface area contributed by atoms with Gasteiger partial charge in [-0.15, -0.1) is 0 Å². The summed E-state index contributed by atoms with van der Waals surface area (Å²) in [5.41, 5.74) is 1.44. The summed E-state index contributed by atoms with van der Waals surface area (Å²) in [6.07, 6.45) is 13.2. The molecule has 1 N–H and O–H groups in total. The minimum absolute atomic E-state index is 0.268. The number of unbranched alkanes of at least 4 members (excludes halogenated alkanes) is 1. The number of aliphatic carboxylic acids is 1. The van der Waals surface area contributed by atoms with E-state index in [1.54, 1.807) is 0 Å². The lowest BCUT2D eigenvalue weighted by molar-refractivity contribution is -0.137. The molecule has 0 spiro atoms. The van der Waals surface area contributed by atoms with E-state index in [4.69, 9.17) is 9.84 Å². The van der Waals surface area contributed by atoms with Crippen LogP contribution >= 0.6 is 11.8 Å². The first-order valence-electron chi connectivity index (χ1n) is 10.4. The van der Waals surface area contributed by atoms with Gasteiger partial charge in [0.15, 0.2) is 0 Å². The van der Waals surface area contributed by atoms with Crippen LogP contribution in [0, 0.1) is 11.8 Å². The monoisotopic (exact) mass is 388 g/mol. The summed E-state index contributed by atoms with van der Waals surface area (Å²) in [6, 6.07) is 10.7. The molecule has 2 aliphatic heterocycles. The Bertz CT molecular complexity index is 601. The molecule has 2 heterocycles. The Labute approximate surface area is 167 Å². The van der Waals surface area contributed by atoms with E-state index in [0.29, 0.717) is 24.0 Å². The highest BCUT2D eigenvalue weighted by Crippen LogP contribution is 2.46. The third-order valence-corrected chi connectivity index (χ3v) is 7.03. The summed E-state index contributed by atoms with van der Waals surface area (Å²) in [6.45, 7) is 0. The van der Waals surface area contributed by atoms with Gasteiger partial charge in [-0.1, -0.05) is 42.5 Å². The van der Waals surface area contributed by atoms with E-state index in [1.165, 1.54) is 42.8 Å². The second-order valence-corrected chi connectivity index (χ2v) is 8.93. The number of benzene rings is 1. The highest BCUT2D eigenvalue weighted by molar-refractivity contribution is 7.99. The predicted octanol–water partition coefficient (Wildman–Crippen LogP) is 5.35. The third kappa shape index (κ3) is 6.39. The standard InChI is InChI=1S/C23H32O3S/c24-23(25)13-7-2-1-6-12-19-20(22-15-14-21(19)26-22)17-27-16-8-11-18-9-4-3-5-10-18/h1,3-6,9-10,19-22H,2,7-8,11-17H2,(H,24,25)/b6-1-/t19-,20+,21-,22+/m1/s1. The molecule has 0 aliphatic carbocycles. The zero-order valence-electron chi connectivity index (χ0n) is 16.1. The lowest BCUT2D eigenvalue weighted by Gasteiger charge is -2.27. The van der Waals surface area contributed by atoms with Crippen LogP contribution in [-0.2, 0) is 16.0 Å². The van der Waals surface area contributed by atoms with E-state index < -0.39 is 5.97 Å². The van der Waals surface area contributed by atoms with Crippen molar-refractivity contribution in [3.63, 3.8) is 0 Å². The first-order chi connectivity index (χ1) is 13.2. The van der Waals surface area contributed by atoms with Gasteiger partial charge in [-0.25, -0.2) is 0 Å². The van der Waals surface area contributed by atoms with Gasteiger partial charge in [0, 0.05) is 6.42 Å². The minimum atomic E-state index is -0.700. The van der Waals surface area contributed by atoms with Crippen molar-refractivity contribution in [3.05, 3.63) is 48.0 Å². The van der Waals surface area contributed by atoms with Crippen LogP contribution in [0.15, 0.2) is 42.5 Å². The first kappa shape index (κ1) is 20.5. The van der Waals surface area contributed by atoms with Gasteiger partial charge < -0.3 is 9.84 Å². The largest absolute Gasteiger partial charge is 0.481 e. The normalized spacial score (nSPS) is 26.8. The number of ether oxygens (including phenoxy) is 1. The minimum Gasteiger partial charge on any atom is -0.481 e. The van der Waals surface area contributed by atoms with Crippen LogP contribution in [0.5, 0.6) is 0 Å². The molecule has 27 heavy (non-hydrogen) atoms. The number of hydrogen-bond donors (Lipinski definition) is 1. The summed E-state index contributed by atoms with van der Waals surface area (Å²) in [4.78, 5) is 10.6. The smallest absolute Gasteiger partial charge is 0.303 e. The highest BCUT2D eigenvalue weighted by atomic mass is 32.2. The van der Waals surface area contributed by atoms with Crippen LogP contribution in [0.4, 0.5) is 0 Å². The molecule has 0 amide bonds. The molecule has 2 fully saturated rings. The maximum Gasteiger partial charge on any atom is 0.303 e. The molecule has 0 unspecified atom stereocenters. The zero-order valence-corrected chi connectivity index (χ0v) is 16.9. The molecular formula is C23H32O3S. The van der Waals surface area contributed by atoms with Crippen LogP contribution < -0.4 is 0 Å². The van der Waals surface area contributed by atoms with Gasteiger partial charge in [0.25, 0.3) is 0 Å². The quantitative estimate of drug-likeness (QED) is 0.387. The number of thioether (sulfide) groups is 1. The van der Waals surface area contributed by atoms with Crippen molar-refractivity contribution in [2.45, 2.75) is 63.6 Å². The molecule has 3 nitrogen and oxygen atoms in total. The van der Waals surface area contributed by atoms with Crippen molar-refractivity contribution >= 4 is 17.7 Å². The van der Waals surface area contributed by atoms with Gasteiger partial charge in [0.2, 0.25) is 0 Å². The van der Waals surface area contributed by atoms with Gasteiger partial charge in [-0.2, -0.15) is 11.8 Å². The molecule has 2 aliphatic rings. The third-order valence-electron chi connectivity index (χ3n) is 5.83. The van der Waals surface area contributed by atoms with Crippen LogP contribution in [0.25, 0.3) is 0 Å². The fraction of sp³-hybridized carbons (Fsp3) is 0.609. The fourth-order valence-electron chi connectivity index (χ4n) is 4.41. The molecule has 0 aromatic heterocycles. The first-order valence-corrected chi connectivity index (χ1v) is 11.5. The topological polar surface area (TPSA) is 46.5 Å². The average Bonchev–Trinajstić information content (AvgIpc) is 3.27. The lowest BCUT2D eigenvalue weighted by Crippen LogP contribution is -2.28. The molecule has 0 saturated carbocycles. The van der Waals surface area contributed by atoms with Crippen LogP contribution in [0.2, 0.25) is 0 Å². The van der Waals surface area contributed by atoms with Crippen molar-refractivity contribution in [2.24, 2.45) is 11.8 Å². The van der Waals surface area contributed by atoms with Crippen molar-refractivity contribution < 1.29 is 14.6 Å². The van der Waals surface area contributed by atoms with Gasteiger partial charge in [-0.05, 0) is 73.9 Å². The van der Waals surface area contributed by atoms with Crippen LogP contribution in [-0.4, -0.2) is 34.8 Å². The van der Waals surface area contributed by atoms with Crippen molar-refractivity contribution in [1.29, 1.82) is 0 Å². The van der Waals surface area contributed by atoms with E-state index >= 15 is 0 Å². The van der Waals surface area contributed by atoms with Gasteiger partial charge in [0.1, 0.15) is 0 Å². The lowest BCUT2D eigenvalue weighted by atomic mass is 9.78. The summed E-state index contributed by atoms with van der Waals surface area (Å²) < 4.78 is 6.21. The maximum absolute atomic E-state index is 10.6. The van der Waals surface area contributed by atoms with Crippen molar-refractivity contribution in [2.75, 3.05) is 11.5 Å². The number of carboxylic acids is 1. The van der Waals surface area contributed by atoms with Crippen LogP contribution in [0.1, 0.15) is 50.5 Å². The van der Waals surface area contributed by atoms with E-state index in [9.17, 15) is 4.79 Å². The second kappa shape index (κ2) is 10.9. The number of allylic oxidation sites excluding steroid dienone is 2. The van der Waals surface area contributed by atoms with E-state index in [0.717, 1.165) is 19.3 Å². The second-order valence-electron chi connectivity index (χ2n) is 7.78. The molecule has 1 aromatic rings. The Morgan fingerprint density at radius 3 is 2.67 bits per heavy atom. The SMILES string of the molecule is O=C(O)CCC/C=C\C[C@@H]1[C@H](CSCCCc2ccccc2)[C@@H]2CC[C@H]1O2.